The molecule has 2 aromatic rings. The summed E-state index contributed by atoms with van der Waals surface area (Å²) in [6.45, 7) is 6.72. The lowest BCUT2D eigenvalue weighted by molar-refractivity contribution is 0.415. The third-order valence-corrected chi connectivity index (χ3v) is 3.83. The van der Waals surface area contributed by atoms with E-state index < -0.39 is 0 Å². The van der Waals surface area contributed by atoms with Gasteiger partial charge in [0.2, 0.25) is 0 Å². The van der Waals surface area contributed by atoms with Gasteiger partial charge in [-0.3, -0.25) is 0 Å². The van der Waals surface area contributed by atoms with Gasteiger partial charge in [-0.25, -0.2) is 0 Å². The second kappa shape index (κ2) is 6.76. The largest absolute Gasteiger partial charge is 0.497 e. The number of hydrogen-bond acceptors (Lipinski definition) is 2. The van der Waals surface area contributed by atoms with Crippen LogP contribution >= 0.6 is 0 Å². The molecular formula is C18H25NO. The van der Waals surface area contributed by atoms with E-state index in [1.807, 2.05) is 6.07 Å². The lowest BCUT2D eigenvalue weighted by atomic mass is 10.0. The number of benzene rings is 2. The molecule has 2 atom stereocenters. The molecule has 0 spiro atoms. The summed E-state index contributed by atoms with van der Waals surface area (Å²) in [5.41, 5.74) is 1.34. The lowest BCUT2D eigenvalue weighted by Crippen LogP contribution is -2.28. The first kappa shape index (κ1) is 14.9. The molecule has 0 bridgehead atoms. The van der Waals surface area contributed by atoms with E-state index in [2.05, 4.69) is 56.4 Å². The molecule has 2 nitrogen and oxygen atoms in total. The Labute approximate surface area is 122 Å². The Morgan fingerprint density at radius 3 is 2.45 bits per heavy atom. The van der Waals surface area contributed by atoms with Gasteiger partial charge in [-0.05, 0) is 54.8 Å². The normalized spacial score (nSPS) is 14.2. The molecular weight excluding hydrogens is 246 g/mol. The van der Waals surface area contributed by atoms with Crippen molar-refractivity contribution >= 4 is 10.8 Å². The molecule has 0 aliphatic rings. The van der Waals surface area contributed by atoms with E-state index in [1.54, 1.807) is 7.11 Å². The third-order valence-electron chi connectivity index (χ3n) is 3.83. The standard InChI is InChI=1S/C18H25NO/c1-5-6-13(2)19-14(3)15-7-8-17-12-18(20-4)10-9-16(17)11-15/h7-14,19H,5-6H2,1-4H3. The molecule has 2 unspecified atom stereocenters. The van der Waals surface area contributed by atoms with Crippen LogP contribution in [0.4, 0.5) is 0 Å². The molecule has 0 saturated heterocycles. The average Bonchev–Trinajstić information content (AvgIpc) is 2.46. The van der Waals surface area contributed by atoms with E-state index in [0.717, 1.165) is 5.75 Å². The van der Waals surface area contributed by atoms with Gasteiger partial charge in [-0.15, -0.1) is 0 Å². The molecule has 0 fully saturated rings. The molecule has 0 aliphatic carbocycles. The van der Waals surface area contributed by atoms with Crippen LogP contribution in [-0.2, 0) is 0 Å². The van der Waals surface area contributed by atoms with Crippen molar-refractivity contribution in [3.63, 3.8) is 0 Å². The van der Waals surface area contributed by atoms with Crippen molar-refractivity contribution in [2.75, 3.05) is 7.11 Å². The maximum absolute atomic E-state index is 5.27. The lowest BCUT2D eigenvalue weighted by Gasteiger charge is -2.20. The van der Waals surface area contributed by atoms with Gasteiger partial charge in [0.25, 0.3) is 0 Å². The number of fused-ring (bicyclic) bond motifs is 1. The topological polar surface area (TPSA) is 21.3 Å². The Morgan fingerprint density at radius 1 is 1.05 bits per heavy atom. The minimum atomic E-state index is 0.378. The van der Waals surface area contributed by atoms with Crippen LogP contribution in [0.3, 0.4) is 0 Å². The zero-order chi connectivity index (χ0) is 14.5. The highest BCUT2D eigenvalue weighted by atomic mass is 16.5. The summed E-state index contributed by atoms with van der Waals surface area (Å²) in [4.78, 5) is 0. The number of ether oxygens (including phenoxy) is 1. The zero-order valence-corrected chi connectivity index (χ0v) is 12.9. The predicted molar refractivity (Wildman–Crippen MR) is 86.4 cm³/mol. The van der Waals surface area contributed by atoms with Crippen molar-refractivity contribution in [2.45, 2.75) is 45.7 Å². The van der Waals surface area contributed by atoms with Gasteiger partial charge >= 0.3 is 0 Å². The molecule has 0 aliphatic heterocycles. The SMILES string of the molecule is CCCC(C)NC(C)c1ccc2cc(OC)ccc2c1. The van der Waals surface area contributed by atoms with E-state index in [1.165, 1.54) is 29.2 Å². The molecule has 0 heterocycles. The fourth-order valence-corrected chi connectivity index (χ4v) is 2.68. The Bertz CT molecular complexity index is 564. The van der Waals surface area contributed by atoms with Gasteiger partial charge in [0.05, 0.1) is 7.11 Å². The van der Waals surface area contributed by atoms with Crippen LogP contribution in [0.15, 0.2) is 36.4 Å². The molecule has 108 valence electrons. The molecule has 2 rings (SSSR count). The van der Waals surface area contributed by atoms with E-state index in [4.69, 9.17) is 4.74 Å². The van der Waals surface area contributed by atoms with Gasteiger partial charge in [-0.2, -0.15) is 0 Å². The summed E-state index contributed by atoms with van der Waals surface area (Å²) in [5, 5.41) is 6.15. The van der Waals surface area contributed by atoms with Gasteiger partial charge in [-0.1, -0.05) is 31.5 Å². The van der Waals surface area contributed by atoms with E-state index in [9.17, 15) is 0 Å². The summed E-state index contributed by atoms with van der Waals surface area (Å²) in [7, 11) is 1.71. The predicted octanol–water partition coefficient (Wildman–Crippen LogP) is 4.69. The average molecular weight is 271 g/mol. The summed E-state index contributed by atoms with van der Waals surface area (Å²) in [5.74, 6) is 0.910. The van der Waals surface area contributed by atoms with Crippen LogP contribution in [0.1, 0.15) is 45.2 Å². The van der Waals surface area contributed by atoms with E-state index in [0.29, 0.717) is 12.1 Å². The Morgan fingerprint density at radius 2 is 1.75 bits per heavy atom. The first-order valence-electron chi connectivity index (χ1n) is 7.47. The molecule has 0 saturated carbocycles. The maximum Gasteiger partial charge on any atom is 0.119 e. The summed E-state index contributed by atoms with van der Waals surface area (Å²) in [6.07, 6.45) is 2.44. The van der Waals surface area contributed by atoms with Crippen molar-refractivity contribution in [3.05, 3.63) is 42.0 Å². The van der Waals surface area contributed by atoms with Crippen molar-refractivity contribution < 1.29 is 4.74 Å². The Hall–Kier alpha value is -1.54. The van der Waals surface area contributed by atoms with Crippen LogP contribution in [0.2, 0.25) is 0 Å². The van der Waals surface area contributed by atoms with Crippen LogP contribution in [0.25, 0.3) is 10.8 Å². The molecule has 0 amide bonds. The summed E-state index contributed by atoms with van der Waals surface area (Å²) >= 11 is 0. The number of nitrogens with one attached hydrogen (secondary N) is 1. The third kappa shape index (κ3) is 3.51. The highest BCUT2D eigenvalue weighted by Gasteiger charge is 2.09. The van der Waals surface area contributed by atoms with Gasteiger partial charge in [0.15, 0.2) is 0 Å². The van der Waals surface area contributed by atoms with Crippen molar-refractivity contribution in [3.8, 4) is 5.75 Å². The minimum Gasteiger partial charge on any atom is -0.497 e. The molecule has 2 aromatic carbocycles. The quantitative estimate of drug-likeness (QED) is 0.823. The molecule has 20 heavy (non-hydrogen) atoms. The fourth-order valence-electron chi connectivity index (χ4n) is 2.68. The van der Waals surface area contributed by atoms with Gasteiger partial charge in [0.1, 0.15) is 5.75 Å². The molecule has 2 heteroatoms. The fraction of sp³-hybridized carbons (Fsp3) is 0.444. The second-order valence-corrected chi connectivity index (χ2v) is 5.55. The molecule has 0 aromatic heterocycles. The van der Waals surface area contributed by atoms with Gasteiger partial charge in [0, 0.05) is 12.1 Å². The van der Waals surface area contributed by atoms with Crippen LogP contribution in [0, 0.1) is 0 Å². The van der Waals surface area contributed by atoms with Gasteiger partial charge < -0.3 is 10.1 Å². The highest BCUT2D eigenvalue weighted by molar-refractivity contribution is 5.84. The number of rotatable bonds is 6. The highest BCUT2D eigenvalue weighted by Crippen LogP contribution is 2.24. The molecule has 0 radical (unpaired) electrons. The van der Waals surface area contributed by atoms with Crippen LogP contribution in [0.5, 0.6) is 5.75 Å². The number of methoxy groups -OCH3 is 1. The van der Waals surface area contributed by atoms with E-state index in [-0.39, 0.29) is 0 Å². The number of hydrogen-bond donors (Lipinski definition) is 1. The Kier molecular flexibility index (Phi) is 5.02. The monoisotopic (exact) mass is 271 g/mol. The van der Waals surface area contributed by atoms with E-state index >= 15 is 0 Å². The smallest absolute Gasteiger partial charge is 0.119 e. The second-order valence-electron chi connectivity index (χ2n) is 5.55. The van der Waals surface area contributed by atoms with Crippen molar-refractivity contribution in [1.82, 2.24) is 5.32 Å². The zero-order valence-electron chi connectivity index (χ0n) is 12.9. The van der Waals surface area contributed by atoms with Crippen LogP contribution in [-0.4, -0.2) is 13.2 Å². The first-order chi connectivity index (χ1) is 9.63. The maximum atomic E-state index is 5.27. The summed E-state index contributed by atoms with van der Waals surface area (Å²) < 4.78 is 5.27. The van der Waals surface area contributed by atoms with Crippen molar-refractivity contribution in [1.29, 1.82) is 0 Å². The van der Waals surface area contributed by atoms with Crippen LogP contribution < -0.4 is 10.1 Å². The summed E-state index contributed by atoms with van der Waals surface area (Å²) in [6, 6.07) is 13.8. The minimum absolute atomic E-state index is 0.378. The molecule has 1 N–H and O–H groups in total. The first-order valence-corrected chi connectivity index (χ1v) is 7.47. The van der Waals surface area contributed by atoms with Crippen molar-refractivity contribution in [2.24, 2.45) is 0 Å². The Balaban J connectivity index is 2.18.